The molecule has 1 aromatic carbocycles. The molecule has 116 valence electrons. The molecule has 0 spiro atoms. The fourth-order valence-corrected chi connectivity index (χ4v) is 3.16. The molecule has 0 radical (unpaired) electrons. The van der Waals surface area contributed by atoms with Gasteiger partial charge in [0.25, 0.3) is 0 Å². The van der Waals surface area contributed by atoms with E-state index in [1.807, 2.05) is 0 Å². The van der Waals surface area contributed by atoms with Gasteiger partial charge in [-0.15, -0.1) is 0 Å². The van der Waals surface area contributed by atoms with Crippen LogP contribution in [0.25, 0.3) is 0 Å². The minimum Gasteiger partial charge on any atom is -0.324 e. The lowest BCUT2D eigenvalue weighted by atomic mass is 10.0. The maximum atomic E-state index is 12.4. The van der Waals surface area contributed by atoms with E-state index >= 15 is 0 Å². The van der Waals surface area contributed by atoms with Gasteiger partial charge in [0, 0.05) is 11.7 Å². The highest BCUT2D eigenvalue weighted by atomic mass is 16.2. The fraction of sp³-hybridized carbons (Fsp3) is 0.611. The van der Waals surface area contributed by atoms with Crippen molar-refractivity contribution in [1.29, 1.82) is 0 Å². The molecule has 0 saturated carbocycles. The number of piperidine rings is 1. The van der Waals surface area contributed by atoms with Crippen molar-refractivity contribution in [1.82, 2.24) is 4.90 Å². The lowest BCUT2D eigenvalue weighted by Gasteiger charge is -2.32. The van der Waals surface area contributed by atoms with Crippen LogP contribution in [0.2, 0.25) is 0 Å². The highest BCUT2D eigenvalue weighted by Crippen LogP contribution is 2.23. The van der Waals surface area contributed by atoms with Crippen molar-refractivity contribution in [3.8, 4) is 0 Å². The van der Waals surface area contributed by atoms with Crippen molar-refractivity contribution in [3.05, 3.63) is 29.3 Å². The Kier molecular flexibility index (Phi) is 5.80. The third kappa shape index (κ3) is 4.07. The molecule has 3 heteroatoms. The third-order valence-electron chi connectivity index (χ3n) is 4.55. The van der Waals surface area contributed by atoms with Gasteiger partial charge >= 0.3 is 0 Å². The average Bonchev–Trinajstić information content (AvgIpc) is 2.49. The maximum absolute atomic E-state index is 12.4. The summed E-state index contributed by atoms with van der Waals surface area (Å²) in [5, 5.41) is 3.17. The minimum atomic E-state index is 0.124. The lowest BCUT2D eigenvalue weighted by Crippen LogP contribution is -2.42. The van der Waals surface area contributed by atoms with Gasteiger partial charge in [-0.1, -0.05) is 38.5 Å². The predicted octanol–water partition coefficient (Wildman–Crippen LogP) is 3.62. The van der Waals surface area contributed by atoms with Crippen molar-refractivity contribution >= 4 is 11.6 Å². The smallest absolute Gasteiger partial charge is 0.238 e. The summed E-state index contributed by atoms with van der Waals surface area (Å²) in [6, 6.07) is 6.83. The molecule has 1 unspecified atom stereocenters. The molecule has 1 fully saturated rings. The van der Waals surface area contributed by atoms with E-state index in [2.05, 4.69) is 49.2 Å². The number of hydrogen-bond donors (Lipinski definition) is 1. The minimum absolute atomic E-state index is 0.124. The van der Waals surface area contributed by atoms with Gasteiger partial charge in [-0.05, 0) is 50.3 Å². The number of likely N-dealkylation sites (tertiary alicyclic amines) is 1. The Morgan fingerprint density at radius 3 is 2.48 bits per heavy atom. The summed E-state index contributed by atoms with van der Waals surface area (Å²) in [5.41, 5.74) is 3.50. The molecule has 1 saturated heterocycles. The summed E-state index contributed by atoms with van der Waals surface area (Å²) < 4.78 is 0. The van der Waals surface area contributed by atoms with Crippen LogP contribution in [0.5, 0.6) is 0 Å². The summed E-state index contributed by atoms with van der Waals surface area (Å²) in [5.74, 6) is 0.124. The van der Waals surface area contributed by atoms with Crippen LogP contribution in [-0.2, 0) is 17.6 Å². The molecular formula is C18H28N2O. The molecule has 0 aromatic heterocycles. The van der Waals surface area contributed by atoms with Crippen molar-refractivity contribution in [2.24, 2.45) is 0 Å². The van der Waals surface area contributed by atoms with Crippen LogP contribution in [0.3, 0.4) is 0 Å². The van der Waals surface area contributed by atoms with Crippen molar-refractivity contribution < 1.29 is 4.79 Å². The van der Waals surface area contributed by atoms with Gasteiger partial charge in [-0.25, -0.2) is 0 Å². The quantitative estimate of drug-likeness (QED) is 0.897. The first-order chi connectivity index (χ1) is 10.2. The molecule has 1 N–H and O–H groups in total. The summed E-state index contributed by atoms with van der Waals surface area (Å²) in [6.07, 6.45) is 5.60. The van der Waals surface area contributed by atoms with E-state index < -0.39 is 0 Å². The lowest BCUT2D eigenvalue weighted by molar-refractivity contribution is -0.118. The number of carbonyl (C=O) groups excluding carboxylic acids is 1. The number of carbonyl (C=O) groups is 1. The zero-order valence-corrected chi connectivity index (χ0v) is 13.6. The van der Waals surface area contributed by atoms with Crippen LogP contribution in [-0.4, -0.2) is 29.9 Å². The normalized spacial score (nSPS) is 19.5. The van der Waals surface area contributed by atoms with E-state index in [0.717, 1.165) is 25.1 Å². The number of amides is 1. The van der Waals surface area contributed by atoms with Crippen LogP contribution >= 0.6 is 0 Å². The Balaban J connectivity index is 2.05. The Morgan fingerprint density at radius 1 is 1.24 bits per heavy atom. The molecule has 3 nitrogen and oxygen atoms in total. The maximum Gasteiger partial charge on any atom is 0.238 e. The van der Waals surface area contributed by atoms with E-state index in [-0.39, 0.29) is 5.91 Å². The van der Waals surface area contributed by atoms with Gasteiger partial charge in [0.15, 0.2) is 0 Å². The first-order valence-corrected chi connectivity index (χ1v) is 8.30. The highest BCUT2D eigenvalue weighted by molar-refractivity contribution is 5.93. The van der Waals surface area contributed by atoms with Crippen LogP contribution < -0.4 is 5.32 Å². The van der Waals surface area contributed by atoms with E-state index in [9.17, 15) is 4.79 Å². The van der Waals surface area contributed by atoms with Crippen molar-refractivity contribution in [2.75, 3.05) is 18.4 Å². The van der Waals surface area contributed by atoms with Crippen LogP contribution in [0.1, 0.15) is 51.2 Å². The topological polar surface area (TPSA) is 32.3 Å². The first-order valence-electron chi connectivity index (χ1n) is 8.30. The molecule has 1 aliphatic heterocycles. The van der Waals surface area contributed by atoms with Crippen LogP contribution in [0.4, 0.5) is 5.69 Å². The van der Waals surface area contributed by atoms with Crippen LogP contribution in [0, 0.1) is 0 Å². The largest absolute Gasteiger partial charge is 0.324 e. The number of aryl methyl sites for hydroxylation is 2. The van der Waals surface area contributed by atoms with Gasteiger partial charge in [0.2, 0.25) is 5.91 Å². The first kappa shape index (κ1) is 16.0. The summed E-state index contributed by atoms with van der Waals surface area (Å²) in [7, 11) is 0. The number of benzene rings is 1. The van der Waals surface area contributed by atoms with E-state index in [0.29, 0.717) is 12.6 Å². The number of anilines is 1. The average molecular weight is 288 g/mol. The van der Waals surface area contributed by atoms with E-state index in [4.69, 9.17) is 0 Å². The summed E-state index contributed by atoms with van der Waals surface area (Å²) in [6.45, 7) is 8.06. The number of nitrogens with zero attached hydrogens (tertiary/aromatic N) is 1. The second kappa shape index (κ2) is 7.60. The molecule has 2 rings (SSSR count). The van der Waals surface area contributed by atoms with E-state index in [1.54, 1.807) is 0 Å². The Morgan fingerprint density at radius 2 is 1.90 bits per heavy atom. The van der Waals surface area contributed by atoms with Crippen molar-refractivity contribution in [2.45, 2.75) is 58.9 Å². The molecule has 1 atom stereocenters. The zero-order chi connectivity index (χ0) is 15.2. The standard InChI is InChI=1S/C18H28N2O/c1-4-15-10-8-11-16(5-2)18(15)19-17(21)13-20-12-7-6-9-14(20)3/h8,10-11,14H,4-7,9,12-13H2,1-3H3,(H,19,21). The monoisotopic (exact) mass is 288 g/mol. The van der Waals surface area contributed by atoms with Gasteiger partial charge in [-0.2, -0.15) is 0 Å². The second-order valence-corrected chi connectivity index (χ2v) is 6.02. The van der Waals surface area contributed by atoms with Gasteiger partial charge in [0.1, 0.15) is 0 Å². The summed E-state index contributed by atoms with van der Waals surface area (Å²) >= 11 is 0. The molecule has 1 aromatic rings. The second-order valence-electron chi connectivity index (χ2n) is 6.02. The fourth-order valence-electron chi connectivity index (χ4n) is 3.16. The molecule has 21 heavy (non-hydrogen) atoms. The number of nitrogens with one attached hydrogen (secondary N) is 1. The Labute approximate surface area is 128 Å². The summed E-state index contributed by atoms with van der Waals surface area (Å²) in [4.78, 5) is 14.7. The molecule has 0 bridgehead atoms. The number of rotatable bonds is 5. The van der Waals surface area contributed by atoms with Gasteiger partial charge in [-0.3, -0.25) is 9.69 Å². The number of para-hydroxylation sites is 1. The Bertz CT molecular complexity index is 462. The third-order valence-corrected chi connectivity index (χ3v) is 4.55. The highest BCUT2D eigenvalue weighted by Gasteiger charge is 2.21. The molecule has 1 amide bonds. The molecule has 1 aliphatic rings. The van der Waals surface area contributed by atoms with Gasteiger partial charge in [0.05, 0.1) is 6.54 Å². The zero-order valence-electron chi connectivity index (χ0n) is 13.6. The molecular weight excluding hydrogens is 260 g/mol. The Hall–Kier alpha value is -1.35. The van der Waals surface area contributed by atoms with Crippen LogP contribution in [0.15, 0.2) is 18.2 Å². The van der Waals surface area contributed by atoms with E-state index in [1.165, 1.54) is 30.4 Å². The number of hydrogen-bond acceptors (Lipinski definition) is 2. The molecule has 0 aliphatic carbocycles. The SMILES string of the molecule is CCc1cccc(CC)c1NC(=O)CN1CCCCC1C. The predicted molar refractivity (Wildman–Crippen MR) is 88.7 cm³/mol. The van der Waals surface area contributed by atoms with Crippen molar-refractivity contribution in [3.63, 3.8) is 0 Å². The molecule has 1 heterocycles. The van der Waals surface area contributed by atoms with Gasteiger partial charge < -0.3 is 5.32 Å².